The number of hydrogen-bond donors (Lipinski definition) is 1. The monoisotopic (exact) mass is 646 g/mol. The van der Waals surface area contributed by atoms with E-state index in [1.54, 1.807) is 6.92 Å². The Morgan fingerprint density at radius 1 is 0.630 bits per heavy atom. The largest absolute Gasteiger partial charge is 0.497 e. The molecule has 4 aliphatic carbocycles. The van der Waals surface area contributed by atoms with Crippen LogP contribution in [0.3, 0.4) is 0 Å². The van der Waals surface area contributed by atoms with Crippen molar-refractivity contribution in [1.82, 2.24) is 0 Å². The summed E-state index contributed by atoms with van der Waals surface area (Å²) in [5.41, 5.74) is -0.481. The van der Waals surface area contributed by atoms with Crippen molar-refractivity contribution in [2.24, 2.45) is 11.3 Å². The number of aliphatic carboxylic acids is 1. The van der Waals surface area contributed by atoms with Gasteiger partial charge < -0.3 is 33.5 Å². The second-order valence-corrected chi connectivity index (χ2v) is 15.9. The van der Waals surface area contributed by atoms with E-state index in [0.717, 1.165) is 109 Å². The summed E-state index contributed by atoms with van der Waals surface area (Å²) in [5, 5.41) is 10.2. The van der Waals surface area contributed by atoms with Crippen LogP contribution in [0.5, 0.6) is 0 Å². The lowest BCUT2D eigenvalue weighted by Gasteiger charge is -2.66. The Hall–Kier alpha value is -1.19. The minimum atomic E-state index is -0.867. The third kappa shape index (κ3) is 9.93. The van der Waals surface area contributed by atoms with Crippen LogP contribution in [0.15, 0.2) is 11.3 Å². The maximum atomic E-state index is 12.5. The Morgan fingerprint density at radius 2 is 1.07 bits per heavy atom. The van der Waals surface area contributed by atoms with Crippen molar-refractivity contribution < 1.29 is 38.3 Å². The molecule has 8 heteroatoms. The highest BCUT2D eigenvalue weighted by Crippen LogP contribution is 2.68. The van der Waals surface area contributed by atoms with Gasteiger partial charge in [-0.05, 0) is 83.5 Å². The molecule has 262 valence electrons. The van der Waals surface area contributed by atoms with Crippen molar-refractivity contribution in [2.75, 3.05) is 39.6 Å². The molecule has 3 aliphatic heterocycles. The minimum absolute atomic E-state index is 0.260. The van der Waals surface area contributed by atoms with Gasteiger partial charge in [-0.25, -0.2) is 4.79 Å². The molecule has 0 radical (unpaired) electrons. The van der Waals surface area contributed by atoms with E-state index >= 15 is 0 Å². The zero-order valence-electron chi connectivity index (χ0n) is 28.7. The third-order valence-electron chi connectivity index (χ3n) is 11.6. The van der Waals surface area contributed by atoms with Crippen LogP contribution >= 0.6 is 0 Å². The molecule has 7 rings (SSSR count). The van der Waals surface area contributed by atoms with Crippen LogP contribution < -0.4 is 0 Å². The fraction of sp³-hybridized carbons (Fsp3) is 0.921. The molecule has 46 heavy (non-hydrogen) atoms. The number of carboxylic acids is 1. The van der Waals surface area contributed by atoms with Gasteiger partial charge in [0.2, 0.25) is 0 Å². The highest BCUT2D eigenvalue weighted by molar-refractivity contribution is 5.86. The van der Waals surface area contributed by atoms with Crippen molar-refractivity contribution in [1.29, 1.82) is 0 Å². The number of carbonyl (C=O) groups is 1. The van der Waals surface area contributed by atoms with Crippen LogP contribution in [0.1, 0.15) is 142 Å². The molecule has 0 amide bonds. The summed E-state index contributed by atoms with van der Waals surface area (Å²) in [6, 6.07) is 0. The van der Waals surface area contributed by atoms with Crippen LogP contribution in [0.25, 0.3) is 0 Å². The fourth-order valence-electron chi connectivity index (χ4n) is 9.53. The molecule has 7 aliphatic rings. The van der Waals surface area contributed by atoms with Gasteiger partial charge in [0.1, 0.15) is 5.76 Å². The molecular formula is C38H62O8. The molecule has 0 aromatic heterocycles. The zero-order valence-corrected chi connectivity index (χ0v) is 28.7. The summed E-state index contributed by atoms with van der Waals surface area (Å²) in [7, 11) is 0. The predicted octanol–water partition coefficient (Wildman–Crippen LogP) is 7.90. The first-order valence-corrected chi connectivity index (χ1v) is 19.1. The second-order valence-electron chi connectivity index (χ2n) is 15.9. The first-order chi connectivity index (χ1) is 22.4. The van der Waals surface area contributed by atoms with E-state index in [-0.39, 0.29) is 16.6 Å². The van der Waals surface area contributed by atoms with Crippen LogP contribution in [0.2, 0.25) is 0 Å². The first-order valence-electron chi connectivity index (χ1n) is 19.1. The number of unbranched alkanes of at least 4 members (excludes halogenated alkanes) is 9. The highest BCUT2D eigenvalue weighted by Gasteiger charge is 2.66. The van der Waals surface area contributed by atoms with Gasteiger partial charge in [0, 0.05) is 25.0 Å². The molecule has 5 unspecified atom stereocenters. The number of ether oxygens (including phenoxy) is 6. The standard InChI is InChI=1S/C38H62O8/c1-29(35(39)40)34(41-17-11-5-2-8-14-31-23-42-31)36-20-30-21-37(26-36,45-18-12-6-3-9-15-32-24-43-32)28-38(22-30,27-36)46-19-13-7-4-10-16-33-25-44-33/h30-33H,2-28H2,1H3,(H,39,40). The van der Waals surface area contributed by atoms with Gasteiger partial charge in [-0.1, -0.05) is 57.8 Å². The molecule has 1 N–H and O–H groups in total. The van der Waals surface area contributed by atoms with Gasteiger partial charge in [-0.15, -0.1) is 0 Å². The number of hydrogen-bond acceptors (Lipinski definition) is 7. The lowest BCUT2D eigenvalue weighted by atomic mass is 9.45. The lowest BCUT2D eigenvalue weighted by molar-refractivity contribution is -0.261. The predicted molar refractivity (Wildman–Crippen MR) is 176 cm³/mol. The smallest absolute Gasteiger partial charge is 0.334 e. The molecule has 0 spiro atoms. The first kappa shape index (κ1) is 34.7. The summed E-state index contributed by atoms with van der Waals surface area (Å²) in [5.74, 6) is 0.326. The Bertz CT molecular complexity index is 972. The van der Waals surface area contributed by atoms with Crippen LogP contribution in [0.4, 0.5) is 0 Å². The van der Waals surface area contributed by atoms with Crippen molar-refractivity contribution in [3.05, 3.63) is 11.3 Å². The van der Waals surface area contributed by atoms with Gasteiger partial charge in [-0.2, -0.15) is 0 Å². The quantitative estimate of drug-likeness (QED) is 0.0438. The van der Waals surface area contributed by atoms with E-state index in [4.69, 9.17) is 28.4 Å². The second kappa shape index (κ2) is 16.0. The van der Waals surface area contributed by atoms with E-state index in [0.29, 0.717) is 36.4 Å². The van der Waals surface area contributed by atoms with Gasteiger partial charge in [0.25, 0.3) is 0 Å². The van der Waals surface area contributed by atoms with Crippen LogP contribution in [0, 0.1) is 11.3 Å². The molecule has 7 fully saturated rings. The molecule has 3 saturated heterocycles. The van der Waals surface area contributed by atoms with E-state index in [2.05, 4.69) is 0 Å². The zero-order chi connectivity index (χ0) is 31.9. The van der Waals surface area contributed by atoms with Crippen molar-refractivity contribution in [3.8, 4) is 0 Å². The Balaban J connectivity index is 1.08. The summed E-state index contributed by atoms with van der Waals surface area (Å²) in [4.78, 5) is 12.5. The van der Waals surface area contributed by atoms with E-state index in [1.807, 2.05) is 0 Å². The van der Waals surface area contributed by atoms with Crippen molar-refractivity contribution in [2.45, 2.75) is 171 Å². The molecular weight excluding hydrogens is 584 g/mol. The maximum absolute atomic E-state index is 12.5. The number of allylic oxidation sites excluding steroid dienone is 1. The summed E-state index contributed by atoms with van der Waals surface area (Å²) in [6.07, 6.45) is 24.7. The normalized spacial score (nSPS) is 35.7. The molecule has 3 heterocycles. The molecule has 5 atom stereocenters. The van der Waals surface area contributed by atoms with E-state index < -0.39 is 5.97 Å². The summed E-state index contributed by atoms with van der Waals surface area (Å²) < 4.78 is 36.6. The van der Waals surface area contributed by atoms with Gasteiger partial charge in [0.15, 0.2) is 0 Å². The van der Waals surface area contributed by atoms with Crippen molar-refractivity contribution >= 4 is 5.97 Å². The maximum Gasteiger partial charge on any atom is 0.334 e. The van der Waals surface area contributed by atoms with Gasteiger partial charge in [-0.3, -0.25) is 0 Å². The average Bonchev–Trinajstić information content (AvgIpc) is 3.86. The lowest BCUT2D eigenvalue weighted by Crippen LogP contribution is -2.65. The number of epoxide rings is 3. The summed E-state index contributed by atoms with van der Waals surface area (Å²) in [6.45, 7) is 6.70. The highest BCUT2D eigenvalue weighted by atomic mass is 16.6. The van der Waals surface area contributed by atoms with E-state index in [9.17, 15) is 9.90 Å². The molecule has 8 nitrogen and oxygen atoms in total. The SMILES string of the molecule is CC(C(=O)O)=C(OCCCCCCC1CO1)C12CC3CC(OCCCCCCC4CO4)(CC(OCCCCCCC4CO4)(C3)C1)C2. The Kier molecular flexibility index (Phi) is 12.1. The summed E-state index contributed by atoms with van der Waals surface area (Å²) >= 11 is 0. The minimum Gasteiger partial charge on any atom is -0.497 e. The average molecular weight is 647 g/mol. The molecule has 0 aromatic carbocycles. The number of carboxylic acid groups (broad SMARTS) is 1. The molecule has 4 bridgehead atoms. The van der Waals surface area contributed by atoms with Crippen molar-refractivity contribution in [3.63, 3.8) is 0 Å². The van der Waals surface area contributed by atoms with Crippen LogP contribution in [-0.4, -0.2) is 80.2 Å². The Labute approximate surface area is 277 Å². The topological polar surface area (TPSA) is 103 Å². The number of rotatable bonds is 26. The van der Waals surface area contributed by atoms with Gasteiger partial charge >= 0.3 is 5.97 Å². The molecule has 0 aromatic rings. The third-order valence-corrected chi connectivity index (χ3v) is 11.6. The van der Waals surface area contributed by atoms with Gasteiger partial charge in [0.05, 0.1) is 61.5 Å². The van der Waals surface area contributed by atoms with Crippen LogP contribution in [-0.2, 0) is 33.2 Å². The van der Waals surface area contributed by atoms with E-state index in [1.165, 1.54) is 64.2 Å². The fourth-order valence-corrected chi connectivity index (χ4v) is 9.53. The molecule has 4 saturated carbocycles. The Morgan fingerprint density at radius 3 is 1.50 bits per heavy atom.